The molecule has 168 valence electrons. The largest absolute Gasteiger partial charge is 0.488 e. The Labute approximate surface area is 188 Å². The van der Waals surface area contributed by atoms with Gasteiger partial charge in [0, 0.05) is 24.8 Å². The van der Waals surface area contributed by atoms with Gasteiger partial charge in [0.25, 0.3) is 0 Å². The molecule has 0 radical (unpaired) electrons. The highest BCUT2D eigenvalue weighted by molar-refractivity contribution is 6.34. The summed E-state index contributed by atoms with van der Waals surface area (Å²) in [5, 5.41) is 0.394. The smallest absolute Gasteiger partial charge is 0.233 e. The Morgan fingerprint density at radius 1 is 1.19 bits per heavy atom. The number of halogens is 1. The Bertz CT molecular complexity index is 870. The maximum absolute atomic E-state index is 11.1. The minimum absolute atomic E-state index is 0.0550. The molecular weight excluding hydrogens is 418 g/mol. The van der Waals surface area contributed by atoms with Gasteiger partial charge in [-0.2, -0.15) is 0 Å². The van der Waals surface area contributed by atoms with Crippen LogP contribution in [0.1, 0.15) is 47.0 Å². The van der Waals surface area contributed by atoms with Gasteiger partial charge in [0.15, 0.2) is 11.6 Å². The molecule has 31 heavy (non-hydrogen) atoms. The second-order valence-corrected chi connectivity index (χ2v) is 8.88. The third-order valence-corrected chi connectivity index (χ3v) is 5.36. The molecule has 0 spiro atoms. The predicted molar refractivity (Wildman–Crippen MR) is 118 cm³/mol. The van der Waals surface area contributed by atoms with E-state index < -0.39 is 0 Å². The van der Waals surface area contributed by atoms with Crippen LogP contribution in [-0.2, 0) is 9.53 Å². The molecule has 2 heterocycles. The zero-order valence-electron chi connectivity index (χ0n) is 18.5. The van der Waals surface area contributed by atoms with E-state index in [4.69, 9.17) is 25.8 Å². The number of pyridine rings is 1. The van der Waals surface area contributed by atoms with Gasteiger partial charge < -0.3 is 19.0 Å². The lowest BCUT2D eigenvalue weighted by molar-refractivity contribution is -0.119. The molecule has 0 aromatic carbocycles. The van der Waals surface area contributed by atoms with E-state index in [0.717, 1.165) is 12.8 Å². The van der Waals surface area contributed by atoms with Gasteiger partial charge in [-0.05, 0) is 51.5 Å². The van der Waals surface area contributed by atoms with Crippen molar-refractivity contribution in [1.29, 1.82) is 0 Å². The first-order valence-corrected chi connectivity index (χ1v) is 11.1. The minimum atomic E-state index is 0.0550. The zero-order chi connectivity index (χ0) is 22.4. The van der Waals surface area contributed by atoms with Crippen molar-refractivity contribution in [3.05, 3.63) is 29.7 Å². The average Bonchev–Trinajstić information content (AvgIpc) is 2.67. The van der Waals surface area contributed by atoms with Crippen LogP contribution >= 0.6 is 11.6 Å². The van der Waals surface area contributed by atoms with E-state index in [1.165, 1.54) is 0 Å². The van der Waals surface area contributed by atoms with Crippen LogP contribution in [0, 0.1) is 11.8 Å². The summed E-state index contributed by atoms with van der Waals surface area (Å²) in [6, 6.07) is 1.77. The molecule has 8 heteroatoms. The van der Waals surface area contributed by atoms with E-state index in [1.54, 1.807) is 31.6 Å². The SMILES string of the molecule is CC(=O)C[C@@H](C)COC1CC(COc2nccc(-c3ncc(OC(C)C)cn3)c2Cl)C1. The zero-order valence-corrected chi connectivity index (χ0v) is 19.3. The highest BCUT2D eigenvalue weighted by atomic mass is 35.5. The Hall–Kier alpha value is -2.25. The van der Waals surface area contributed by atoms with Crippen molar-refractivity contribution >= 4 is 17.4 Å². The summed E-state index contributed by atoms with van der Waals surface area (Å²) in [5.41, 5.74) is 0.664. The Balaban J connectivity index is 1.49. The fraction of sp³-hybridized carbons (Fsp3) is 0.565. The highest BCUT2D eigenvalue weighted by Gasteiger charge is 2.31. The van der Waals surface area contributed by atoms with E-state index in [9.17, 15) is 4.79 Å². The Morgan fingerprint density at radius 3 is 2.55 bits per heavy atom. The van der Waals surface area contributed by atoms with Crippen molar-refractivity contribution in [2.45, 2.75) is 59.2 Å². The lowest BCUT2D eigenvalue weighted by Crippen LogP contribution is -2.36. The summed E-state index contributed by atoms with van der Waals surface area (Å²) in [6.45, 7) is 8.70. The Kier molecular flexibility index (Phi) is 8.21. The summed E-state index contributed by atoms with van der Waals surface area (Å²) in [4.78, 5) is 24.1. The molecule has 2 aromatic heterocycles. The van der Waals surface area contributed by atoms with Gasteiger partial charge in [0.05, 0.1) is 31.2 Å². The van der Waals surface area contributed by atoms with Gasteiger partial charge in [-0.1, -0.05) is 18.5 Å². The van der Waals surface area contributed by atoms with Crippen LogP contribution in [0.15, 0.2) is 24.7 Å². The number of Topliss-reactive ketones (excluding diaryl/α,β-unsaturated/α-hetero) is 1. The van der Waals surface area contributed by atoms with E-state index in [1.807, 2.05) is 20.8 Å². The summed E-state index contributed by atoms with van der Waals surface area (Å²) >= 11 is 6.52. The molecule has 0 saturated heterocycles. The molecule has 1 atom stereocenters. The quantitative estimate of drug-likeness (QED) is 0.490. The molecule has 0 amide bonds. The molecule has 1 aliphatic rings. The van der Waals surface area contributed by atoms with Crippen molar-refractivity contribution < 1.29 is 19.0 Å². The maximum atomic E-state index is 11.1. The van der Waals surface area contributed by atoms with Crippen LogP contribution in [0.25, 0.3) is 11.4 Å². The monoisotopic (exact) mass is 447 g/mol. The van der Waals surface area contributed by atoms with Crippen LogP contribution in [-0.4, -0.2) is 46.2 Å². The van der Waals surface area contributed by atoms with Crippen molar-refractivity contribution in [2.75, 3.05) is 13.2 Å². The fourth-order valence-corrected chi connectivity index (χ4v) is 3.73. The molecule has 7 nitrogen and oxygen atoms in total. The molecule has 0 aliphatic heterocycles. The maximum Gasteiger partial charge on any atom is 0.233 e. The second-order valence-electron chi connectivity index (χ2n) is 8.50. The standard InChI is InChI=1S/C23H30ClN3O4/c1-14(2)31-19-10-26-22(27-11-19)20-5-6-25-23(21(20)24)30-13-17-8-18(9-17)29-12-15(3)7-16(4)28/h5-6,10-11,14-15,17-18H,7-9,12-13H2,1-4H3/t15-,17?,18?/m1/s1. The summed E-state index contributed by atoms with van der Waals surface area (Å²) in [6.07, 6.45) is 7.63. The molecular formula is C23H30ClN3O4. The number of rotatable bonds is 11. The number of aromatic nitrogens is 3. The van der Waals surface area contributed by atoms with Gasteiger partial charge in [0.2, 0.25) is 5.88 Å². The van der Waals surface area contributed by atoms with Crippen LogP contribution in [0.5, 0.6) is 11.6 Å². The first-order valence-electron chi connectivity index (χ1n) is 10.7. The second kappa shape index (κ2) is 10.9. The number of hydrogen-bond donors (Lipinski definition) is 0. The number of ether oxygens (including phenoxy) is 3. The van der Waals surface area contributed by atoms with Crippen LogP contribution in [0.2, 0.25) is 5.02 Å². The number of nitrogens with zero attached hydrogens (tertiary/aromatic N) is 3. The lowest BCUT2D eigenvalue weighted by Gasteiger charge is -2.35. The van der Waals surface area contributed by atoms with Crippen molar-refractivity contribution in [2.24, 2.45) is 11.8 Å². The highest BCUT2D eigenvalue weighted by Crippen LogP contribution is 2.35. The first kappa shape index (κ1) is 23.4. The molecule has 1 aliphatic carbocycles. The molecule has 1 fully saturated rings. The summed E-state index contributed by atoms with van der Waals surface area (Å²) in [5.74, 6) is 2.34. The normalized spacial score (nSPS) is 19.0. The molecule has 0 N–H and O–H groups in total. The molecule has 2 aromatic rings. The topological polar surface area (TPSA) is 83.4 Å². The first-order chi connectivity index (χ1) is 14.8. The van der Waals surface area contributed by atoms with Crippen LogP contribution < -0.4 is 9.47 Å². The molecule has 0 bridgehead atoms. The number of hydrogen-bond acceptors (Lipinski definition) is 7. The van der Waals surface area contributed by atoms with E-state index in [-0.39, 0.29) is 23.9 Å². The van der Waals surface area contributed by atoms with Gasteiger partial charge >= 0.3 is 0 Å². The predicted octanol–water partition coefficient (Wildman–Crippen LogP) is 4.77. The van der Waals surface area contributed by atoms with Crippen LogP contribution in [0.4, 0.5) is 0 Å². The van der Waals surface area contributed by atoms with Crippen molar-refractivity contribution in [3.8, 4) is 23.0 Å². The van der Waals surface area contributed by atoms with Gasteiger partial charge in [-0.25, -0.2) is 15.0 Å². The number of carbonyl (C=O) groups excluding carboxylic acids is 1. The number of ketones is 1. The van der Waals surface area contributed by atoms with E-state index in [0.29, 0.717) is 53.6 Å². The minimum Gasteiger partial charge on any atom is -0.488 e. The molecule has 0 unspecified atom stereocenters. The van der Waals surface area contributed by atoms with Crippen molar-refractivity contribution in [3.63, 3.8) is 0 Å². The van der Waals surface area contributed by atoms with Gasteiger partial charge in [-0.3, -0.25) is 0 Å². The third-order valence-electron chi connectivity index (χ3n) is 5.00. The van der Waals surface area contributed by atoms with Crippen molar-refractivity contribution in [1.82, 2.24) is 15.0 Å². The van der Waals surface area contributed by atoms with Gasteiger partial charge in [-0.15, -0.1) is 0 Å². The van der Waals surface area contributed by atoms with E-state index in [2.05, 4.69) is 15.0 Å². The summed E-state index contributed by atoms with van der Waals surface area (Å²) < 4.78 is 17.3. The fourth-order valence-electron chi connectivity index (χ4n) is 3.48. The third kappa shape index (κ3) is 6.87. The molecule has 3 rings (SSSR count). The average molecular weight is 448 g/mol. The van der Waals surface area contributed by atoms with Crippen LogP contribution in [0.3, 0.4) is 0 Å². The Morgan fingerprint density at radius 2 is 1.90 bits per heavy atom. The lowest BCUT2D eigenvalue weighted by atomic mass is 9.83. The number of carbonyl (C=O) groups is 1. The van der Waals surface area contributed by atoms with E-state index >= 15 is 0 Å². The molecule has 1 saturated carbocycles. The summed E-state index contributed by atoms with van der Waals surface area (Å²) in [7, 11) is 0. The van der Waals surface area contributed by atoms with Gasteiger partial charge in [0.1, 0.15) is 10.8 Å².